The Bertz CT molecular complexity index is 1120. The molecule has 2 aromatic carbocycles. The molecule has 7 heteroatoms. The van der Waals surface area contributed by atoms with E-state index in [4.69, 9.17) is 13.9 Å². The fourth-order valence-electron chi connectivity index (χ4n) is 3.01. The summed E-state index contributed by atoms with van der Waals surface area (Å²) in [6, 6.07) is 13.1. The number of fused-ring (bicyclic) bond motifs is 1. The minimum absolute atomic E-state index is 0.0943. The minimum Gasteiger partial charge on any atom is -0.445 e. The van der Waals surface area contributed by atoms with Gasteiger partial charge in [0.05, 0.1) is 0 Å². The van der Waals surface area contributed by atoms with E-state index < -0.39 is 23.7 Å². The van der Waals surface area contributed by atoms with Crippen LogP contribution in [-0.4, -0.2) is 18.1 Å². The van der Waals surface area contributed by atoms with E-state index in [1.54, 1.807) is 19.1 Å². The van der Waals surface area contributed by atoms with E-state index in [2.05, 4.69) is 5.32 Å². The first-order valence-electron chi connectivity index (χ1n) is 9.64. The lowest BCUT2D eigenvalue weighted by Crippen LogP contribution is -2.41. The number of aryl methyl sites for hydroxylation is 2. The van der Waals surface area contributed by atoms with Crippen molar-refractivity contribution in [1.29, 1.82) is 0 Å². The van der Waals surface area contributed by atoms with Crippen LogP contribution >= 0.6 is 0 Å². The van der Waals surface area contributed by atoms with Crippen molar-refractivity contribution in [3.05, 3.63) is 75.6 Å². The molecule has 1 atom stereocenters. The zero-order valence-electron chi connectivity index (χ0n) is 17.1. The van der Waals surface area contributed by atoms with Gasteiger partial charge in [-0.25, -0.2) is 14.4 Å². The number of amides is 1. The lowest BCUT2D eigenvalue weighted by atomic mass is 10.0. The number of rotatable bonds is 6. The number of benzene rings is 2. The number of alkyl carbamates (subject to hydrolysis) is 1. The van der Waals surface area contributed by atoms with E-state index >= 15 is 0 Å². The van der Waals surface area contributed by atoms with Crippen LogP contribution in [0.15, 0.2) is 57.7 Å². The van der Waals surface area contributed by atoms with Gasteiger partial charge < -0.3 is 19.2 Å². The number of carbonyl (C=O) groups is 2. The summed E-state index contributed by atoms with van der Waals surface area (Å²) in [6.07, 6.45) is -0.0516. The van der Waals surface area contributed by atoms with Gasteiger partial charge in [0.15, 0.2) is 0 Å². The van der Waals surface area contributed by atoms with Crippen molar-refractivity contribution < 1.29 is 23.5 Å². The number of carbonyl (C=O) groups excluding carboxylic acids is 2. The van der Waals surface area contributed by atoms with Crippen LogP contribution in [0, 0.1) is 6.92 Å². The van der Waals surface area contributed by atoms with Gasteiger partial charge in [-0.2, -0.15) is 0 Å². The quantitative estimate of drug-likeness (QED) is 0.377. The van der Waals surface area contributed by atoms with Crippen LogP contribution in [0.3, 0.4) is 0 Å². The molecule has 0 aliphatic carbocycles. The Morgan fingerprint density at radius 2 is 1.87 bits per heavy atom. The molecule has 0 bridgehead atoms. The van der Waals surface area contributed by atoms with Gasteiger partial charge in [-0.15, -0.1) is 0 Å². The van der Waals surface area contributed by atoms with Crippen molar-refractivity contribution in [1.82, 2.24) is 5.32 Å². The summed E-state index contributed by atoms with van der Waals surface area (Å²) in [6.45, 7) is 5.25. The molecule has 1 N–H and O–H groups in total. The highest BCUT2D eigenvalue weighted by Gasteiger charge is 2.20. The summed E-state index contributed by atoms with van der Waals surface area (Å²) in [5.74, 6) is -0.404. The van der Waals surface area contributed by atoms with Gasteiger partial charge in [0.2, 0.25) is 0 Å². The van der Waals surface area contributed by atoms with Gasteiger partial charge in [-0.3, -0.25) is 0 Å². The SMILES string of the molecule is CCc1cc(=O)oc2c(C)c(OC(=O)C(C)NC(=O)OCc3ccccc3)ccc12. The monoisotopic (exact) mass is 409 g/mol. The third-order valence-corrected chi connectivity index (χ3v) is 4.69. The van der Waals surface area contributed by atoms with Gasteiger partial charge in [0.25, 0.3) is 0 Å². The predicted molar refractivity (Wildman–Crippen MR) is 111 cm³/mol. The largest absolute Gasteiger partial charge is 0.445 e. The molecule has 3 rings (SSSR count). The van der Waals surface area contributed by atoms with Crippen LogP contribution in [0.25, 0.3) is 11.0 Å². The van der Waals surface area contributed by atoms with Gasteiger partial charge in [0.1, 0.15) is 24.0 Å². The van der Waals surface area contributed by atoms with Crippen LogP contribution in [0.1, 0.15) is 30.5 Å². The Hall–Kier alpha value is -3.61. The summed E-state index contributed by atoms with van der Waals surface area (Å²) in [4.78, 5) is 36.2. The molecule has 156 valence electrons. The minimum atomic E-state index is -0.933. The van der Waals surface area contributed by atoms with E-state index in [0.717, 1.165) is 16.5 Å². The van der Waals surface area contributed by atoms with E-state index in [-0.39, 0.29) is 12.4 Å². The van der Waals surface area contributed by atoms with Crippen LogP contribution in [0.2, 0.25) is 0 Å². The highest BCUT2D eigenvalue weighted by molar-refractivity contribution is 5.87. The van der Waals surface area contributed by atoms with Crippen molar-refractivity contribution in [3.8, 4) is 5.75 Å². The molecule has 0 saturated heterocycles. The second-order valence-corrected chi connectivity index (χ2v) is 6.86. The number of esters is 1. The zero-order chi connectivity index (χ0) is 21.7. The van der Waals surface area contributed by atoms with Crippen LogP contribution in [-0.2, 0) is 22.6 Å². The standard InChI is InChI=1S/C23H23NO6/c1-4-17-12-20(25)30-21-14(2)19(11-10-18(17)21)29-22(26)15(3)24-23(27)28-13-16-8-6-5-7-9-16/h5-12,15H,4,13H2,1-3H3,(H,24,27). The Balaban J connectivity index is 1.66. The van der Waals surface area contributed by atoms with Gasteiger partial charge in [-0.05, 0) is 43.5 Å². The highest BCUT2D eigenvalue weighted by atomic mass is 16.6. The molecule has 0 aliphatic heterocycles. The molecule has 0 radical (unpaired) electrons. The first-order chi connectivity index (χ1) is 14.4. The molecule has 30 heavy (non-hydrogen) atoms. The Morgan fingerprint density at radius 1 is 1.13 bits per heavy atom. The van der Waals surface area contributed by atoms with Crippen molar-refractivity contribution >= 4 is 23.0 Å². The van der Waals surface area contributed by atoms with Crippen LogP contribution in [0.5, 0.6) is 5.75 Å². The highest BCUT2D eigenvalue weighted by Crippen LogP contribution is 2.28. The Morgan fingerprint density at radius 3 is 2.57 bits per heavy atom. The zero-order valence-corrected chi connectivity index (χ0v) is 17.1. The fourth-order valence-corrected chi connectivity index (χ4v) is 3.01. The third-order valence-electron chi connectivity index (χ3n) is 4.69. The average molecular weight is 409 g/mol. The summed E-state index contributed by atoms with van der Waals surface area (Å²) in [5.41, 5.74) is 2.16. The van der Waals surface area contributed by atoms with Crippen LogP contribution < -0.4 is 15.7 Å². The normalized spacial score (nSPS) is 11.7. The number of ether oxygens (including phenoxy) is 2. The molecule has 3 aromatic rings. The van der Waals surface area contributed by atoms with Gasteiger partial charge in [0, 0.05) is 17.0 Å². The van der Waals surface area contributed by atoms with Crippen molar-refractivity contribution in [2.75, 3.05) is 0 Å². The predicted octanol–water partition coefficient (Wildman–Crippen LogP) is 3.88. The topological polar surface area (TPSA) is 94.8 Å². The molecule has 1 aromatic heterocycles. The molecule has 1 unspecified atom stereocenters. The molecule has 7 nitrogen and oxygen atoms in total. The maximum absolute atomic E-state index is 12.4. The lowest BCUT2D eigenvalue weighted by molar-refractivity contribution is -0.136. The Labute approximate surface area is 173 Å². The number of hydrogen-bond donors (Lipinski definition) is 1. The summed E-state index contributed by atoms with van der Waals surface area (Å²) < 4.78 is 15.9. The maximum Gasteiger partial charge on any atom is 0.408 e. The molecular formula is C23H23NO6. The fraction of sp³-hybridized carbons (Fsp3) is 0.261. The van der Waals surface area contributed by atoms with E-state index in [1.165, 1.54) is 13.0 Å². The molecule has 1 heterocycles. The molecule has 1 amide bonds. The molecule has 0 saturated carbocycles. The molecule has 0 aliphatic rings. The number of hydrogen-bond acceptors (Lipinski definition) is 6. The molecular weight excluding hydrogens is 386 g/mol. The van der Waals surface area contributed by atoms with Crippen molar-refractivity contribution in [2.45, 2.75) is 39.8 Å². The summed E-state index contributed by atoms with van der Waals surface area (Å²) >= 11 is 0. The smallest absolute Gasteiger partial charge is 0.408 e. The van der Waals surface area contributed by atoms with E-state index in [9.17, 15) is 14.4 Å². The maximum atomic E-state index is 12.4. The second-order valence-electron chi connectivity index (χ2n) is 6.86. The van der Waals surface area contributed by atoms with E-state index in [0.29, 0.717) is 17.6 Å². The van der Waals surface area contributed by atoms with Crippen LogP contribution in [0.4, 0.5) is 4.79 Å². The molecule has 0 fully saturated rings. The van der Waals surface area contributed by atoms with Crippen molar-refractivity contribution in [3.63, 3.8) is 0 Å². The summed E-state index contributed by atoms with van der Waals surface area (Å²) in [7, 11) is 0. The average Bonchev–Trinajstić information content (AvgIpc) is 2.74. The number of nitrogens with one attached hydrogen (secondary N) is 1. The van der Waals surface area contributed by atoms with Crippen molar-refractivity contribution in [2.24, 2.45) is 0 Å². The second kappa shape index (κ2) is 9.26. The Kier molecular flexibility index (Phi) is 6.51. The lowest BCUT2D eigenvalue weighted by Gasteiger charge is -2.15. The van der Waals surface area contributed by atoms with Gasteiger partial charge >= 0.3 is 17.7 Å². The van der Waals surface area contributed by atoms with E-state index in [1.807, 2.05) is 37.3 Å². The molecule has 0 spiro atoms. The van der Waals surface area contributed by atoms with Gasteiger partial charge in [-0.1, -0.05) is 37.3 Å². The first-order valence-corrected chi connectivity index (χ1v) is 9.64. The first kappa shape index (κ1) is 21.1. The summed E-state index contributed by atoms with van der Waals surface area (Å²) in [5, 5.41) is 3.24. The third kappa shape index (κ3) is 4.86.